The molecular formula is C69H109NO8. The van der Waals surface area contributed by atoms with Crippen molar-refractivity contribution in [1.29, 1.82) is 0 Å². The van der Waals surface area contributed by atoms with Crippen LogP contribution < -0.4 is 5.11 Å². The predicted octanol–water partition coefficient (Wildman–Crippen LogP) is 16.8. The van der Waals surface area contributed by atoms with E-state index in [1.807, 2.05) is 21.1 Å². The molecule has 0 radical (unpaired) electrons. The van der Waals surface area contributed by atoms with Crippen molar-refractivity contribution in [3.8, 4) is 0 Å². The molecule has 0 heterocycles. The Labute approximate surface area is 476 Å². The van der Waals surface area contributed by atoms with E-state index in [1.54, 1.807) is 0 Å². The van der Waals surface area contributed by atoms with Gasteiger partial charge in [-0.25, -0.2) is 0 Å². The van der Waals surface area contributed by atoms with Crippen molar-refractivity contribution in [2.24, 2.45) is 0 Å². The summed E-state index contributed by atoms with van der Waals surface area (Å²) >= 11 is 0. The Kier molecular flexibility index (Phi) is 54.3. The van der Waals surface area contributed by atoms with E-state index in [2.05, 4.69) is 172 Å². The van der Waals surface area contributed by atoms with Gasteiger partial charge in [-0.05, 0) is 128 Å². The molecule has 0 spiro atoms. The van der Waals surface area contributed by atoms with Crippen molar-refractivity contribution in [2.75, 3.05) is 47.5 Å². The zero-order valence-corrected chi connectivity index (χ0v) is 49.7. The highest BCUT2D eigenvalue weighted by Gasteiger charge is 2.22. The summed E-state index contributed by atoms with van der Waals surface area (Å²) in [6, 6.07) is 0. The maximum Gasteiger partial charge on any atom is 0.306 e. The predicted molar refractivity (Wildman–Crippen MR) is 328 cm³/mol. The molecule has 0 fully saturated rings. The average molecular weight is 1080 g/mol. The van der Waals surface area contributed by atoms with Crippen LogP contribution in [0, 0.1) is 0 Å². The van der Waals surface area contributed by atoms with E-state index in [0.29, 0.717) is 23.9 Å². The Bertz CT molecular complexity index is 1830. The molecule has 9 nitrogen and oxygen atoms in total. The SMILES string of the molecule is CC/C=C\C/C=C\C/C=C\C/C=C\C/C=C\C/C=C\C/C=C\C/C=C\C/C=C\C/C=C\C/C=C\CCCCCC(=O)OC(COC(=O)CCCCCCC/C=C\C/C=C\CCCCCC)COC(OCC[N+](C)(C)C)C(=O)[O-]. The lowest BCUT2D eigenvalue weighted by molar-refractivity contribution is -0.870. The van der Waals surface area contributed by atoms with Crippen LogP contribution in [0.4, 0.5) is 0 Å². The van der Waals surface area contributed by atoms with Gasteiger partial charge in [0.2, 0.25) is 0 Å². The number of rotatable bonds is 53. The van der Waals surface area contributed by atoms with Crippen molar-refractivity contribution in [3.63, 3.8) is 0 Å². The summed E-state index contributed by atoms with van der Waals surface area (Å²) in [6.07, 6.45) is 83.0. The topological polar surface area (TPSA) is 111 Å². The fraction of sp³-hybridized carbons (Fsp3) is 0.580. The van der Waals surface area contributed by atoms with Crippen LogP contribution in [0.1, 0.15) is 200 Å². The minimum atomic E-state index is -1.64. The van der Waals surface area contributed by atoms with Gasteiger partial charge in [0.1, 0.15) is 13.2 Å². The van der Waals surface area contributed by atoms with Crippen LogP contribution in [0.3, 0.4) is 0 Å². The highest BCUT2D eigenvalue weighted by atomic mass is 16.7. The number of hydrogen-bond donors (Lipinski definition) is 0. The maximum absolute atomic E-state index is 12.9. The summed E-state index contributed by atoms with van der Waals surface area (Å²) in [4.78, 5) is 37.3. The summed E-state index contributed by atoms with van der Waals surface area (Å²) in [5.41, 5.74) is 0. The minimum Gasteiger partial charge on any atom is -0.545 e. The van der Waals surface area contributed by atoms with E-state index in [9.17, 15) is 19.5 Å². The molecule has 2 unspecified atom stereocenters. The van der Waals surface area contributed by atoms with Crippen LogP contribution >= 0.6 is 0 Å². The van der Waals surface area contributed by atoms with Crippen LogP contribution in [0.2, 0.25) is 0 Å². The number of carbonyl (C=O) groups excluding carboxylic acids is 3. The first-order valence-corrected chi connectivity index (χ1v) is 30.1. The van der Waals surface area contributed by atoms with Crippen molar-refractivity contribution in [3.05, 3.63) is 158 Å². The standard InChI is InChI=1S/C69H109NO8/c1-6-8-10-12-14-16-18-20-22-24-25-26-27-28-29-30-31-32-33-34-35-36-37-38-39-40-41-42-43-44-46-48-50-52-54-56-58-60-67(72)78-65(64-77-69(68(73)74)75-62-61-70(3,4)5)63-76-66(71)59-57-55-53-51-49-47-45-23-21-19-17-15-13-11-9-7-2/h8,10,14,16-17,19-20,22-23,25-26,28-29,31-32,34-35,37-38,40-41,43-45,48,50,65,69H,6-7,9,11-13,15,18,21,24,27,30,33,36,39,42,46-47,49,51-64H2,1-5H3/b10-8-,16-14-,19-17-,22-20-,26-25-,29-28-,32-31-,35-34-,38-37-,41-40-,44-43-,45-23-,50-48-. The Morgan fingerprint density at radius 3 is 1.10 bits per heavy atom. The van der Waals surface area contributed by atoms with Crippen LogP contribution in [0.25, 0.3) is 0 Å². The summed E-state index contributed by atoms with van der Waals surface area (Å²) < 4.78 is 22.6. The maximum atomic E-state index is 12.9. The van der Waals surface area contributed by atoms with Gasteiger partial charge in [0.15, 0.2) is 12.4 Å². The zero-order valence-electron chi connectivity index (χ0n) is 49.7. The molecule has 0 aromatic carbocycles. The van der Waals surface area contributed by atoms with Crippen LogP contribution in [-0.4, -0.2) is 82.3 Å². The van der Waals surface area contributed by atoms with Crippen LogP contribution in [-0.2, 0) is 33.3 Å². The summed E-state index contributed by atoms with van der Waals surface area (Å²) in [5.74, 6) is -2.37. The number of quaternary nitrogens is 1. The Morgan fingerprint density at radius 1 is 0.397 bits per heavy atom. The third-order valence-electron chi connectivity index (χ3n) is 12.0. The first-order chi connectivity index (χ1) is 38.1. The summed E-state index contributed by atoms with van der Waals surface area (Å²) in [7, 11) is 5.89. The molecular weight excluding hydrogens is 971 g/mol. The quantitative estimate of drug-likeness (QED) is 0.0195. The zero-order chi connectivity index (χ0) is 56.9. The lowest BCUT2D eigenvalue weighted by Gasteiger charge is -2.26. The minimum absolute atomic E-state index is 0.129. The Morgan fingerprint density at radius 2 is 0.731 bits per heavy atom. The fourth-order valence-electron chi connectivity index (χ4n) is 7.39. The Balaban J connectivity index is 4.33. The number of unbranched alkanes of at least 4 members (excludes halogenated alkanes) is 12. The van der Waals surface area contributed by atoms with E-state index < -0.39 is 24.3 Å². The number of carbonyl (C=O) groups is 3. The van der Waals surface area contributed by atoms with Gasteiger partial charge in [-0.3, -0.25) is 9.59 Å². The molecule has 0 aliphatic carbocycles. The molecule has 0 aliphatic heterocycles. The largest absolute Gasteiger partial charge is 0.545 e. The van der Waals surface area contributed by atoms with Gasteiger partial charge >= 0.3 is 11.9 Å². The average Bonchev–Trinajstić information content (AvgIpc) is 3.41. The number of esters is 2. The number of likely N-dealkylation sites (N-methyl/N-ethyl adjacent to an activating group) is 1. The molecule has 0 N–H and O–H groups in total. The molecule has 0 aliphatic rings. The number of ether oxygens (including phenoxy) is 4. The second-order valence-corrected chi connectivity index (χ2v) is 20.5. The van der Waals surface area contributed by atoms with Gasteiger partial charge in [0.25, 0.3) is 0 Å². The molecule has 0 rings (SSSR count). The fourth-order valence-corrected chi connectivity index (χ4v) is 7.39. The second kappa shape index (κ2) is 58.1. The molecule has 78 heavy (non-hydrogen) atoms. The molecule has 0 amide bonds. The third-order valence-corrected chi connectivity index (χ3v) is 12.0. The molecule has 438 valence electrons. The lowest BCUT2D eigenvalue weighted by Crippen LogP contribution is -2.44. The number of aliphatic carboxylic acids is 1. The van der Waals surface area contributed by atoms with Gasteiger partial charge in [0, 0.05) is 12.8 Å². The number of nitrogens with zero attached hydrogens (tertiary/aromatic N) is 1. The normalized spacial score (nSPS) is 13.9. The summed E-state index contributed by atoms with van der Waals surface area (Å²) in [6.45, 7) is 4.53. The number of carboxylic acid groups (broad SMARTS) is 1. The van der Waals surface area contributed by atoms with E-state index >= 15 is 0 Å². The third kappa shape index (κ3) is 58.6. The van der Waals surface area contributed by atoms with Crippen molar-refractivity contribution >= 4 is 17.9 Å². The number of carboxylic acids is 1. The van der Waals surface area contributed by atoms with Crippen molar-refractivity contribution in [2.45, 2.75) is 212 Å². The van der Waals surface area contributed by atoms with E-state index in [1.165, 1.54) is 32.1 Å². The number of hydrogen-bond acceptors (Lipinski definition) is 8. The first-order valence-electron chi connectivity index (χ1n) is 30.1. The van der Waals surface area contributed by atoms with Crippen molar-refractivity contribution < 1.29 is 42.9 Å². The molecule has 0 saturated carbocycles. The van der Waals surface area contributed by atoms with Gasteiger partial charge < -0.3 is 33.3 Å². The molecule has 0 bridgehead atoms. The molecule has 9 heteroatoms. The van der Waals surface area contributed by atoms with Gasteiger partial charge in [-0.15, -0.1) is 0 Å². The first kappa shape index (κ1) is 72.9. The van der Waals surface area contributed by atoms with E-state index in [4.69, 9.17) is 18.9 Å². The van der Waals surface area contributed by atoms with Gasteiger partial charge in [-0.2, -0.15) is 0 Å². The molecule has 2 atom stereocenters. The summed E-state index contributed by atoms with van der Waals surface area (Å²) in [5, 5.41) is 11.8. The smallest absolute Gasteiger partial charge is 0.306 e. The molecule has 0 saturated heterocycles. The van der Waals surface area contributed by atoms with Gasteiger partial charge in [0.05, 0.1) is 40.3 Å². The van der Waals surface area contributed by atoms with Gasteiger partial charge in [-0.1, -0.05) is 217 Å². The lowest BCUT2D eigenvalue weighted by atomic mass is 10.1. The highest BCUT2D eigenvalue weighted by Crippen LogP contribution is 2.12. The van der Waals surface area contributed by atoms with E-state index in [0.717, 1.165) is 128 Å². The van der Waals surface area contributed by atoms with Crippen LogP contribution in [0.5, 0.6) is 0 Å². The second-order valence-electron chi connectivity index (χ2n) is 20.5. The molecule has 0 aromatic heterocycles. The molecule has 0 aromatic rings. The van der Waals surface area contributed by atoms with Crippen molar-refractivity contribution in [1.82, 2.24) is 0 Å². The monoisotopic (exact) mass is 1080 g/mol. The van der Waals surface area contributed by atoms with E-state index in [-0.39, 0.29) is 38.6 Å². The Hall–Kier alpha value is -5.09. The highest BCUT2D eigenvalue weighted by molar-refractivity contribution is 5.70. The van der Waals surface area contributed by atoms with Crippen LogP contribution in [0.15, 0.2) is 158 Å². The number of allylic oxidation sites excluding steroid dienone is 26.